The largest absolute Gasteiger partial charge is 0.496 e. The molecule has 0 radical (unpaired) electrons. The highest BCUT2D eigenvalue weighted by Crippen LogP contribution is 2.42. The number of hydrogen-bond donors (Lipinski definition) is 2. The third kappa shape index (κ3) is 2.71. The highest BCUT2D eigenvalue weighted by atomic mass is 16.8. The van der Waals surface area contributed by atoms with Crippen LogP contribution in [0.25, 0.3) is 0 Å². The first kappa shape index (κ1) is 17.9. The van der Waals surface area contributed by atoms with Gasteiger partial charge in [0.2, 0.25) is 11.4 Å². The average molecular weight is 361 g/mol. The van der Waals surface area contributed by atoms with Crippen molar-refractivity contribution in [1.29, 1.82) is 0 Å². The van der Waals surface area contributed by atoms with Gasteiger partial charge in [-0.3, -0.25) is 9.63 Å². The van der Waals surface area contributed by atoms with Crippen molar-refractivity contribution in [3.05, 3.63) is 54.0 Å². The van der Waals surface area contributed by atoms with Gasteiger partial charge in [-0.2, -0.15) is 5.48 Å². The Labute approximate surface area is 149 Å². The van der Waals surface area contributed by atoms with Crippen molar-refractivity contribution in [2.45, 2.75) is 25.2 Å². The summed E-state index contributed by atoms with van der Waals surface area (Å²) in [5.74, 6) is -1.33. The fourth-order valence-electron chi connectivity index (χ4n) is 2.78. The summed E-state index contributed by atoms with van der Waals surface area (Å²) in [6.45, 7) is 3.21. The van der Waals surface area contributed by atoms with Crippen LogP contribution in [0.1, 0.15) is 30.0 Å². The summed E-state index contributed by atoms with van der Waals surface area (Å²) in [6, 6.07) is 9.69. The second-order valence-corrected chi connectivity index (χ2v) is 6.08. The number of carbonyl (C=O) groups is 2. The number of methoxy groups -OCH3 is 1. The lowest BCUT2D eigenvalue weighted by atomic mass is 9.96. The molecule has 1 atom stereocenters. The second-order valence-electron chi connectivity index (χ2n) is 6.08. The number of ether oxygens (including phenoxy) is 1. The maximum Gasteiger partial charge on any atom is 0.393 e. The van der Waals surface area contributed by atoms with Crippen LogP contribution >= 0.6 is 0 Å². The molecule has 9 nitrogen and oxygen atoms in total. The Morgan fingerprint density at radius 1 is 1.19 bits per heavy atom. The van der Waals surface area contributed by atoms with Crippen molar-refractivity contribution < 1.29 is 28.4 Å². The van der Waals surface area contributed by atoms with Crippen molar-refractivity contribution in [3.63, 3.8) is 0 Å². The average Bonchev–Trinajstić information content (AvgIpc) is 3.23. The molecule has 1 aliphatic heterocycles. The maximum atomic E-state index is 12.5. The molecule has 0 aliphatic carbocycles. The molecule has 0 saturated carbocycles. The topological polar surface area (TPSA) is 116 Å². The van der Waals surface area contributed by atoms with Crippen LogP contribution in [0.15, 0.2) is 47.1 Å². The van der Waals surface area contributed by atoms with E-state index in [1.54, 1.807) is 44.2 Å². The van der Waals surface area contributed by atoms with Gasteiger partial charge < -0.3 is 19.7 Å². The van der Waals surface area contributed by atoms with Crippen LogP contribution in [0.2, 0.25) is 0 Å². The number of furan rings is 1. The van der Waals surface area contributed by atoms with Crippen LogP contribution in [-0.2, 0) is 20.1 Å². The molecule has 1 aromatic carbocycles. The fraction of sp³-hybridized carbons (Fsp3) is 0.294. The van der Waals surface area contributed by atoms with Crippen molar-refractivity contribution in [1.82, 2.24) is 10.5 Å². The Hall–Kier alpha value is -2.88. The zero-order valence-corrected chi connectivity index (χ0v) is 14.5. The minimum Gasteiger partial charge on any atom is -0.496 e. The minimum absolute atomic E-state index is 0.0360. The molecule has 26 heavy (non-hydrogen) atoms. The van der Waals surface area contributed by atoms with Crippen molar-refractivity contribution in [2.75, 3.05) is 7.11 Å². The molecule has 3 N–H and O–H groups in total. The molecule has 1 unspecified atom stereocenters. The molecule has 1 aromatic heterocycles. The van der Waals surface area contributed by atoms with E-state index in [0.717, 1.165) is 5.06 Å². The zero-order chi connectivity index (χ0) is 18.9. The van der Waals surface area contributed by atoms with Gasteiger partial charge >= 0.3 is 5.97 Å². The number of hydroxylamine groups is 3. The van der Waals surface area contributed by atoms with E-state index in [9.17, 15) is 9.59 Å². The number of amides is 1. The van der Waals surface area contributed by atoms with Gasteiger partial charge in [-0.25, -0.2) is 4.79 Å². The van der Waals surface area contributed by atoms with Gasteiger partial charge in [0.05, 0.1) is 13.4 Å². The monoisotopic (exact) mass is 361 g/mol. The number of nitrogens with two attached hydrogens (primary N) is 1. The first-order valence-corrected chi connectivity index (χ1v) is 7.77. The van der Waals surface area contributed by atoms with E-state index in [-0.39, 0.29) is 5.76 Å². The van der Waals surface area contributed by atoms with Crippen molar-refractivity contribution in [3.8, 4) is 5.75 Å². The number of nitrogens with zero attached hydrogens (tertiary/aromatic N) is 1. The quantitative estimate of drug-likeness (QED) is 0.818. The highest BCUT2D eigenvalue weighted by molar-refractivity contribution is 5.88. The Balaban J connectivity index is 2.10. The van der Waals surface area contributed by atoms with Crippen LogP contribution in [0, 0.1) is 0 Å². The summed E-state index contributed by atoms with van der Waals surface area (Å²) in [5, 5.41) is 1.06. The van der Waals surface area contributed by atoms with E-state index < -0.39 is 23.3 Å². The SMILES string of the molecule is COc1ccccc1C1(C(N)=O)NOC(C)(C)N1OC(=O)c1ccco1. The molecular formula is C17H19N3O6. The lowest BCUT2D eigenvalue weighted by Gasteiger charge is -2.36. The standard InChI is InChI=1S/C17H19N3O6/c1-16(2)20(25-14(21)13-9-6-10-24-13)17(15(18)22,19-26-16)11-7-4-5-8-12(11)23-3/h4-10,19H,1-3H3,(H2,18,22). The van der Waals surface area contributed by atoms with Crippen LogP contribution in [0.3, 0.4) is 0 Å². The molecule has 1 saturated heterocycles. The number of benzene rings is 1. The summed E-state index contributed by atoms with van der Waals surface area (Å²) in [4.78, 5) is 35.9. The Morgan fingerprint density at radius 3 is 2.54 bits per heavy atom. The summed E-state index contributed by atoms with van der Waals surface area (Å²) >= 11 is 0. The molecule has 1 aliphatic rings. The van der Waals surface area contributed by atoms with Gasteiger partial charge in [0.25, 0.3) is 5.91 Å². The molecule has 2 heterocycles. The lowest BCUT2D eigenvalue weighted by molar-refractivity contribution is -0.239. The normalized spacial score (nSPS) is 22.1. The van der Waals surface area contributed by atoms with Gasteiger partial charge in [-0.15, -0.1) is 0 Å². The van der Waals surface area contributed by atoms with Crippen molar-refractivity contribution in [2.24, 2.45) is 5.73 Å². The molecule has 0 bridgehead atoms. The number of primary amides is 1. The molecule has 1 amide bonds. The molecule has 1 fully saturated rings. The minimum atomic E-state index is -1.81. The lowest BCUT2D eigenvalue weighted by Crippen LogP contribution is -2.60. The van der Waals surface area contributed by atoms with Gasteiger partial charge in [0, 0.05) is 5.56 Å². The van der Waals surface area contributed by atoms with Crippen LogP contribution in [0.4, 0.5) is 0 Å². The van der Waals surface area contributed by atoms with Gasteiger partial charge in [-0.05, 0) is 32.0 Å². The summed E-state index contributed by atoms with van der Waals surface area (Å²) < 4.78 is 10.4. The Bertz CT molecular complexity index is 820. The maximum absolute atomic E-state index is 12.5. The van der Waals surface area contributed by atoms with E-state index in [0.29, 0.717) is 11.3 Å². The summed E-state index contributed by atoms with van der Waals surface area (Å²) in [6.07, 6.45) is 1.34. The van der Waals surface area contributed by atoms with Crippen LogP contribution < -0.4 is 16.0 Å². The molecular weight excluding hydrogens is 342 g/mol. The van der Waals surface area contributed by atoms with E-state index in [4.69, 9.17) is 24.6 Å². The highest BCUT2D eigenvalue weighted by Gasteiger charge is 2.61. The Morgan fingerprint density at radius 2 is 1.92 bits per heavy atom. The van der Waals surface area contributed by atoms with Crippen molar-refractivity contribution >= 4 is 11.9 Å². The zero-order valence-electron chi connectivity index (χ0n) is 14.5. The predicted octanol–water partition coefficient (Wildman–Crippen LogP) is 1.27. The first-order valence-electron chi connectivity index (χ1n) is 7.77. The second kappa shape index (κ2) is 6.45. The predicted molar refractivity (Wildman–Crippen MR) is 88.1 cm³/mol. The van der Waals surface area contributed by atoms with Gasteiger partial charge in [-0.1, -0.05) is 23.3 Å². The molecule has 138 valence electrons. The number of carbonyl (C=O) groups excluding carboxylic acids is 2. The molecule has 3 rings (SSSR count). The van der Waals surface area contributed by atoms with E-state index >= 15 is 0 Å². The van der Waals surface area contributed by atoms with Gasteiger partial charge in [0.1, 0.15) is 5.75 Å². The Kier molecular flexibility index (Phi) is 4.45. The van der Waals surface area contributed by atoms with Crippen LogP contribution in [0.5, 0.6) is 5.75 Å². The fourth-order valence-corrected chi connectivity index (χ4v) is 2.78. The first-order chi connectivity index (χ1) is 12.3. The van der Waals surface area contributed by atoms with E-state index in [1.807, 2.05) is 0 Å². The third-order valence-corrected chi connectivity index (χ3v) is 3.99. The number of hydrogen-bond acceptors (Lipinski definition) is 8. The van der Waals surface area contributed by atoms with E-state index in [1.165, 1.54) is 19.4 Å². The summed E-state index contributed by atoms with van der Waals surface area (Å²) in [7, 11) is 1.45. The number of para-hydroxylation sites is 1. The van der Waals surface area contributed by atoms with Gasteiger partial charge in [0.15, 0.2) is 5.72 Å². The van der Waals surface area contributed by atoms with Crippen LogP contribution in [-0.4, -0.2) is 29.8 Å². The van der Waals surface area contributed by atoms with E-state index in [2.05, 4.69) is 5.48 Å². The summed E-state index contributed by atoms with van der Waals surface area (Å²) in [5.41, 5.74) is 5.61. The smallest absolute Gasteiger partial charge is 0.393 e. The number of nitrogens with one attached hydrogen (secondary N) is 1. The third-order valence-electron chi connectivity index (χ3n) is 3.99. The molecule has 0 spiro atoms. The number of rotatable bonds is 5. The molecule has 2 aromatic rings. The molecule has 9 heteroatoms.